The fourth-order valence-electron chi connectivity index (χ4n) is 2.03. The highest BCUT2D eigenvalue weighted by Gasteiger charge is 2.30. The normalized spacial score (nSPS) is 16.2. The number of rotatable bonds is 4. The zero-order chi connectivity index (χ0) is 14.0. The maximum absolute atomic E-state index is 11.3. The number of nitrogens with zero attached hydrogens (tertiary/aromatic N) is 4. The van der Waals surface area contributed by atoms with E-state index in [0.29, 0.717) is 18.0 Å². The van der Waals surface area contributed by atoms with Crippen LogP contribution in [0.1, 0.15) is 5.56 Å². The van der Waals surface area contributed by atoms with Crippen LogP contribution in [0.3, 0.4) is 0 Å². The Morgan fingerprint density at radius 1 is 1.58 bits per heavy atom. The summed E-state index contributed by atoms with van der Waals surface area (Å²) in [4.78, 5) is 6.26. The lowest BCUT2D eigenvalue weighted by molar-refractivity contribution is 0.327. The topological polar surface area (TPSA) is 77.3 Å². The summed E-state index contributed by atoms with van der Waals surface area (Å²) in [7, 11) is -1.52. The molecule has 0 atom stereocenters. The van der Waals surface area contributed by atoms with Gasteiger partial charge in [0.15, 0.2) is 0 Å². The van der Waals surface area contributed by atoms with E-state index in [2.05, 4.69) is 11.1 Å². The molecule has 0 aliphatic carbocycles. The Labute approximate surface area is 113 Å². The van der Waals surface area contributed by atoms with Crippen LogP contribution in [0.2, 0.25) is 0 Å². The zero-order valence-corrected chi connectivity index (χ0v) is 11.8. The predicted octanol–water partition coefficient (Wildman–Crippen LogP) is 0.281. The molecule has 1 aromatic heterocycles. The quantitative estimate of drug-likeness (QED) is 0.791. The first-order chi connectivity index (χ1) is 8.90. The lowest BCUT2D eigenvalue weighted by atomic mass is 10.0. The van der Waals surface area contributed by atoms with Crippen molar-refractivity contribution in [3.05, 3.63) is 23.9 Å². The van der Waals surface area contributed by atoms with Crippen molar-refractivity contribution in [2.75, 3.05) is 37.8 Å². The largest absolute Gasteiger partial charge is 0.356 e. The van der Waals surface area contributed by atoms with E-state index in [9.17, 15) is 8.42 Å². The summed E-state index contributed by atoms with van der Waals surface area (Å²) >= 11 is 0. The van der Waals surface area contributed by atoms with Gasteiger partial charge in [-0.2, -0.15) is 5.26 Å². The highest BCUT2D eigenvalue weighted by molar-refractivity contribution is 7.88. The summed E-state index contributed by atoms with van der Waals surface area (Å²) in [6, 6.07) is 5.49. The zero-order valence-electron chi connectivity index (χ0n) is 10.9. The third-order valence-corrected chi connectivity index (χ3v) is 4.52. The van der Waals surface area contributed by atoms with Gasteiger partial charge in [-0.3, -0.25) is 0 Å². The van der Waals surface area contributed by atoms with Crippen LogP contribution < -0.4 is 4.90 Å². The predicted molar refractivity (Wildman–Crippen MR) is 72.1 cm³/mol. The summed E-state index contributed by atoms with van der Waals surface area (Å²) < 4.78 is 24.0. The fraction of sp³-hybridized carbons (Fsp3) is 0.500. The molecule has 2 rings (SSSR count). The summed E-state index contributed by atoms with van der Waals surface area (Å²) in [6.07, 6.45) is 2.82. The highest BCUT2D eigenvalue weighted by atomic mass is 32.2. The second-order valence-corrected chi connectivity index (χ2v) is 6.92. The van der Waals surface area contributed by atoms with E-state index in [0.717, 1.165) is 18.9 Å². The number of hydrogen-bond donors (Lipinski definition) is 0. The van der Waals surface area contributed by atoms with Gasteiger partial charge < -0.3 is 4.90 Å². The van der Waals surface area contributed by atoms with Gasteiger partial charge in [0.05, 0.1) is 17.9 Å². The molecule has 1 aliphatic rings. The molecule has 7 heteroatoms. The van der Waals surface area contributed by atoms with Gasteiger partial charge in [0.1, 0.15) is 5.82 Å². The van der Waals surface area contributed by atoms with Crippen LogP contribution in [0.15, 0.2) is 18.3 Å². The van der Waals surface area contributed by atoms with Gasteiger partial charge in [0, 0.05) is 38.8 Å². The molecular formula is C12H16N4O2S. The van der Waals surface area contributed by atoms with E-state index >= 15 is 0 Å². The molecule has 1 fully saturated rings. The smallest absolute Gasteiger partial charge is 0.210 e. The van der Waals surface area contributed by atoms with E-state index in [1.165, 1.54) is 10.6 Å². The summed E-state index contributed by atoms with van der Waals surface area (Å²) in [5, 5.41) is 8.83. The molecule has 102 valence electrons. The highest BCUT2D eigenvalue weighted by Crippen LogP contribution is 2.24. The lowest BCUT2D eigenvalue weighted by Crippen LogP contribution is -2.52. The van der Waals surface area contributed by atoms with Gasteiger partial charge in [0.2, 0.25) is 10.0 Å². The van der Waals surface area contributed by atoms with E-state index in [4.69, 9.17) is 5.26 Å². The number of nitriles is 1. The lowest BCUT2D eigenvalue weighted by Gasteiger charge is -2.41. The average Bonchev–Trinajstić information content (AvgIpc) is 2.31. The Morgan fingerprint density at radius 2 is 2.26 bits per heavy atom. The van der Waals surface area contributed by atoms with Crippen LogP contribution in [0.4, 0.5) is 5.82 Å². The van der Waals surface area contributed by atoms with Crippen molar-refractivity contribution in [1.29, 1.82) is 5.26 Å². The van der Waals surface area contributed by atoms with Crippen LogP contribution >= 0.6 is 0 Å². The van der Waals surface area contributed by atoms with Crippen LogP contribution in [-0.2, 0) is 10.0 Å². The molecule has 6 nitrogen and oxygen atoms in total. The molecule has 0 unspecified atom stereocenters. The van der Waals surface area contributed by atoms with E-state index in [-0.39, 0.29) is 0 Å². The molecule has 1 aromatic rings. The summed E-state index contributed by atoms with van der Waals surface area (Å²) in [5.74, 6) is 1.09. The van der Waals surface area contributed by atoms with Crippen molar-refractivity contribution in [3.63, 3.8) is 0 Å². The molecule has 0 spiro atoms. The number of aromatic nitrogens is 1. The Morgan fingerprint density at radius 3 is 2.84 bits per heavy atom. The molecule has 1 saturated heterocycles. The van der Waals surface area contributed by atoms with Crippen molar-refractivity contribution in [1.82, 2.24) is 9.29 Å². The first-order valence-corrected chi connectivity index (χ1v) is 7.77. The average molecular weight is 280 g/mol. The van der Waals surface area contributed by atoms with Crippen LogP contribution in [0, 0.1) is 17.2 Å². The second-order valence-electron chi connectivity index (χ2n) is 4.83. The molecule has 0 aromatic carbocycles. The number of anilines is 1. The standard InChI is InChI=1S/C12H16N4O2S/c1-15(19(2,17)18)7-11-8-16(9-11)12-5-10(6-13)3-4-14-12/h3-5,11H,7-9H2,1-2H3. The van der Waals surface area contributed by atoms with E-state index in [1.807, 2.05) is 4.90 Å². The van der Waals surface area contributed by atoms with Crippen molar-refractivity contribution in [3.8, 4) is 6.07 Å². The first kappa shape index (κ1) is 13.8. The molecule has 19 heavy (non-hydrogen) atoms. The van der Waals surface area contributed by atoms with Crippen LogP contribution in [-0.4, -0.2) is 50.6 Å². The van der Waals surface area contributed by atoms with Crippen molar-refractivity contribution in [2.24, 2.45) is 5.92 Å². The first-order valence-electron chi connectivity index (χ1n) is 5.92. The van der Waals surface area contributed by atoms with E-state index < -0.39 is 10.0 Å². The Kier molecular flexibility index (Phi) is 3.73. The second kappa shape index (κ2) is 5.15. The molecule has 0 saturated carbocycles. The molecular weight excluding hydrogens is 264 g/mol. The SMILES string of the molecule is CN(CC1CN(c2cc(C#N)ccn2)C1)S(C)(=O)=O. The Bertz CT molecular complexity index is 602. The monoisotopic (exact) mass is 280 g/mol. The van der Waals surface area contributed by atoms with Gasteiger partial charge >= 0.3 is 0 Å². The van der Waals surface area contributed by atoms with Crippen LogP contribution in [0.25, 0.3) is 0 Å². The van der Waals surface area contributed by atoms with Gasteiger partial charge in [-0.15, -0.1) is 0 Å². The summed E-state index contributed by atoms with van der Waals surface area (Å²) in [5.41, 5.74) is 0.585. The van der Waals surface area contributed by atoms with Gasteiger partial charge in [-0.05, 0) is 12.1 Å². The molecule has 0 N–H and O–H groups in total. The molecule has 0 amide bonds. The van der Waals surface area contributed by atoms with E-state index in [1.54, 1.807) is 25.4 Å². The number of hydrogen-bond acceptors (Lipinski definition) is 5. The Balaban J connectivity index is 1.91. The number of pyridine rings is 1. The van der Waals surface area contributed by atoms with Gasteiger partial charge in [0.25, 0.3) is 0 Å². The molecule has 0 radical (unpaired) electrons. The number of sulfonamides is 1. The molecule has 2 heterocycles. The fourth-order valence-corrected chi connectivity index (χ4v) is 2.51. The Hall–Kier alpha value is -1.65. The van der Waals surface area contributed by atoms with Crippen LogP contribution in [0.5, 0.6) is 0 Å². The summed E-state index contributed by atoms with van der Waals surface area (Å²) in [6.45, 7) is 2.05. The third kappa shape index (κ3) is 3.22. The maximum atomic E-state index is 11.3. The van der Waals surface area contributed by atoms with Gasteiger partial charge in [-0.1, -0.05) is 0 Å². The minimum atomic E-state index is -3.11. The minimum Gasteiger partial charge on any atom is -0.356 e. The minimum absolute atomic E-state index is 0.312. The van der Waals surface area contributed by atoms with Crippen molar-refractivity contribution in [2.45, 2.75) is 0 Å². The van der Waals surface area contributed by atoms with Crippen molar-refractivity contribution < 1.29 is 8.42 Å². The van der Waals surface area contributed by atoms with Crippen molar-refractivity contribution >= 4 is 15.8 Å². The third-order valence-electron chi connectivity index (χ3n) is 3.24. The maximum Gasteiger partial charge on any atom is 0.210 e. The van der Waals surface area contributed by atoms with Gasteiger partial charge in [-0.25, -0.2) is 17.7 Å². The molecule has 1 aliphatic heterocycles. The molecule has 0 bridgehead atoms.